The van der Waals surface area contributed by atoms with Crippen molar-refractivity contribution in [3.05, 3.63) is 0 Å². The summed E-state index contributed by atoms with van der Waals surface area (Å²) in [6, 6.07) is 0. The van der Waals surface area contributed by atoms with Gasteiger partial charge in [-0.3, -0.25) is 0 Å². The SMILES string of the molecule is OCCOCCOCCOCCOC(F)(F)C(F)(F)C(F)(F)C(F)(F)C(F)(F)C(F)(F)F. The van der Waals surface area contributed by atoms with Crippen LogP contribution in [0.4, 0.5) is 57.1 Å². The van der Waals surface area contributed by atoms with Crippen LogP contribution in [0, 0.1) is 0 Å². The fourth-order valence-electron chi connectivity index (χ4n) is 1.68. The molecule has 0 aromatic rings. The second kappa shape index (κ2) is 11.3. The van der Waals surface area contributed by atoms with Gasteiger partial charge < -0.3 is 24.1 Å². The first-order valence-corrected chi connectivity index (χ1v) is 8.25. The van der Waals surface area contributed by atoms with Gasteiger partial charge in [0.1, 0.15) is 0 Å². The zero-order valence-electron chi connectivity index (χ0n) is 15.7. The lowest BCUT2D eigenvalue weighted by Crippen LogP contribution is -2.70. The van der Waals surface area contributed by atoms with Crippen LogP contribution < -0.4 is 0 Å². The van der Waals surface area contributed by atoms with Crippen molar-refractivity contribution in [3.63, 3.8) is 0 Å². The van der Waals surface area contributed by atoms with Gasteiger partial charge in [0, 0.05) is 0 Å². The zero-order chi connectivity index (χ0) is 25.5. The summed E-state index contributed by atoms with van der Waals surface area (Å²) < 4.78 is 184. The molecular formula is C14H17F13O5. The van der Waals surface area contributed by atoms with Gasteiger partial charge in [0.05, 0.1) is 52.9 Å². The number of hydrogen-bond donors (Lipinski definition) is 1. The lowest BCUT2D eigenvalue weighted by molar-refractivity contribution is -0.466. The number of alkyl halides is 13. The molecule has 32 heavy (non-hydrogen) atoms. The van der Waals surface area contributed by atoms with Gasteiger partial charge in [-0.25, -0.2) is 0 Å². The first-order valence-electron chi connectivity index (χ1n) is 8.25. The Morgan fingerprint density at radius 1 is 0.438 bits per heavy atom. The zero-order valence-corrected chi connectivity index (χ0v) is 15.7. The number of ether oxygens (including phenoxy) is 4. The Kier molecular flexibility index (Phi) is 11.0. The van der Waals surface area contributed by atoms with Crippen LogP contribution in [0.25, 0.3) is 0 Å². The molecule has 0 spiro atoms. The van der Waals surface area contributed by atoms with Crippen molar-refractivity contribution in [2.24, 2.45) is 0 Å². The topological polar surface area (TPSA) is 57.2 Å². The molecule has 0 saturated heterocycles. The summed E-state index contributed by atoms with van der Waals surface area (Å²) in [5.74, 6) is -31.1. The van der Waals surface area contributed by atoms with Gasteiger partial charge in [-0.05, 0) is 0 Å². The van der Waals surface area contributed by atoms with Crippen molar-refractivity contribution in [1.82, 2.24) is 0 Å². The van der Waals surface area contributed by atoms with E-state index in [9.17, 15) is 57.1 Å². The molecule has 1 N–H and O–H groups in total. The van der Waals surface area contributed by atoms with E-state index >= 15 is 0 Å². The van der Waals surface area contributed by atoms with Crippen LogP contribution >= 0.6 is 0 Å². The van der Waals surface area contributed by atoms with E-state index in [1.807, 2.05) is 0 Å². The fraction of sp³-hybridized carbons (Fsp3) is 1.00. The second-order valence-corrected chi connectivity index (χ2v) is 5.72. The van der Waals surface area contributed by atoms with Crippen LogP contribution in [-0.2, 0) is 18.9 Å². The van der Waals surface area contributed by atoms with Gasteiger partial charge in [-0.15, -0.1) is 0 Å². The van der Waals surface area contributed by atoms with E-state index in [-0.39, 0.29) is 33.0 Å². The molecule has 0 atom stereocenters. The molecule has 0 aliphatic carbocycles. The highest BCUT2D eigenvalue weighted by atomic mass is 19.4. The van der Waals surface area contributed by atoms with Gasteiger partial charge in [0.2, 0.25) is 0 Å². The Bertz CT molecular complexity index is 554. The average Bonchev–Trinajstić information content (AvgIpc) is 2.64. The van der Waals surface area contributed by atoms with Crippen LogP contribution in [0.15, 0.2) is 0 Å². The van der Waals surface area contributed by atoms with Crippen LogP contribution in [0.5, 0.6) is 0 Å². The summed E-state index contributed by atoms with van der Waals surface area (Å²) in [5.41, 5.74) is 0. The predicted molar refractivity (Wildman–Crippen MR) is 76.3 cm³/mol. The number of rotatable bonds is 16. The fourth-order valence-corrected chi connectivity index (χ4v) is 1.68. The molecular weight excluding hydrogens is 495 g/mol. The Morgan fingerprint density at radius 2 is 0.781 bits per heavy atom. The second-order valence-electron chi connectivity index (χ2n) is 5.72. The number of halogens is 13. The molecule has 18 heteroatoms. The van der Waals surface area contributed by atoms with Crippen molar-refractivity contribution in [2.75, 3.05) is 52.9 Å². The van der Waals surface area contributed by atoms with Gasteiger partial charge in [-0.2, -0.15) is 57.1 Å². The summed E-state index contributed by atoms with van der Waals surface area (Å²) in [6.45, 7) is -3.48. The Labute approximate surface area is 171 Å². The van der Waals surface area contributed by atoms with Crippen molar-refractivity contribution >= 4 is 0 Å². The number of aliphatic hydroxyl groups excluding tert-OH is 1. The van der Waals surface area contributed by atoms with E-state index in [0.29, 0.717) is 0 Å². The van der Waals surface area contributed by atoms with E-state index in [2.05, 4.69) is 9.47 Å². The molecule has 0 unspecified atom stereocenters. The molecule has 5 nitrogen and oxygen atoms in total. The molecule has 0 saturated carbocycles. The molecule has 194 valence electrons. The first kappa shape index (κ1) is 30.9. The maximum atomic E-state index is 13.3. The maximum absolute atomic E-state index is 13.3. The molecule has 0 rings (SSSR count). The van der Waals surface area contributed by atoms with Gasteiger partial charge in [0.25, 0.3) is 0 Å². The van der Waals surface area contributed by atoms with Crippen molar-refractivity contribution < 1.29 is 81.1 Å². The molecule has 0 fully saturated rings. The van der Waals surface area contributed by atoms with Crippen molar-refractivity contribution in [2.45, 2.75) is 36.0 Å². The average molecular weight is 512 g/mol. The summed E-state index contributed by atoms with van der Waals surface area (Å²) in [6.07, 6.45) is -14.1. The molecule has 0 bridgehead atoms. The monoisotopic (exact) mass is 512 g/mol. The summed E-state index contributed by atoms with van der Waals surface area (Å²) in [5, 5.41) is 8.39. The minimum atomic E-state index is -7.97. The quantitative estimate of drug-likeness (QED) is 0.252. The highest BCUT2D eigenvalue weighted by Gasteiger charge is 2.91. The Morgan fingerprint density at radius 3 is 1.16 bits per heavy atom. The minimum absolute atomic E-state index is 0.00396. The largest absolute Gasteiger partial charge is 0.460 e. The molecule has 0 aromatic heterocycles. The third kappa shape index (κ3) is 6.71. The lowest BCUT2D eigenvalue weighted by Gasteiger charge is -2.39. The van der Waals surface area contributed by atoms with Gasteiger partial charge in [0.15, 0.2) is 0 Å². The van der Waals surface area contributed by atoms with Gasteiger partial charge >= 0.3 is 36.0 Å². The van der Waals surface area contributed by atoms with Crippen LogP contribution in [-0.4, -0.2) is 93.9 Å². The number of hydrogen-bond acceptors (Lipinski definition) is 5. The molecule has 0 aliphatic heterocycles. The molecule has 0 amide bonds. The minimum Gasteiger partial charge on any atom is -0.394 e. The highest BCUT2D eigenvalue weighted by molar-refractivity contribution is 5.08. The van der Waals surface area contributed by atoms with E-state index in [1.54, 1.807) is 0 Å². The first-order chi connectivity index (χ1) is 14.3. The Balaban J connectivity index is 4.84. The summed E-state index contributed by atoms with van der Waals surface area (Å²) >= 11 is 0. The van der Waals surface area contributed by atoms with E-state index in [4.69, 9.17) is 14.6 Å². The standard InChI is InChI=1S/C14H17F13O5/c15-9(16,11(19,20)13(23,24)25)10(17,18)12(21,22)14(26,27)32-8-7-31-6-5-30-4-3-29-2-1-28/h28H,1-8H2. The molecule has 0 aromatic carbocycles. The van der Waals surface area contributed by atoms with Crippen molar-refractivity contribution in [3.8, 4) is 0 Å². The molecule has 0 radical (unpaired) electrons. The maximum Gasteiger partial charge on any atom is 0.460 e. The predicted octanol–water partition coefficient (Wildman–Crippen LogP) is 3.74. The lowest BCUT2D eigenvalue weighted by atomic mass is 9.97. The van der Waals surface area contributed by atoms with E-state index in [1.165, 1.54) is 0 Å². The molecule has 0 aliphatic rings. The molecule has 0 heterocycles. The van der Waals surface area contributed by atoms with Gasteiger partial charge in [-0.1, -0.05) is 0 Å². The normalized spacial score (nSPS) is 14.8. The van der Waals surface area contributed by atoms with E-state index < -0.39 is 55.8 Å². The van der Waals surface area contributed by atoms with Crippen molar-refractivity contribution in [1.29, 1.82) is 0 Å². The summed E-state index contributed by atoms with van der Waals surface area (Å²) in [4.78, 5) is 0. The third-order valence-electron chi connectivity index (χ3n) is 3.40. The Hall–Kier alpha value is -1.11. The van der Waals surface area contributed by atoms with E-state index in [0.717, 1.165) is 0 Å². The van der Waals surface area contributed by atoms with Crippen LogP contribution in [0.2, 0.25) is 0 Å². The number of aliphatic hydroxyl groups is 1. The van der Waals surface area contributed by atoms with Crippen LogP contribution in [0.1, 0.15) is 0 Å². The summed E-state index contributed by atoms with van der Waals surface area (Å²) in [7, 11) is 0. The highest BCUT2D eigenvalue weighted by Crippen LogP contribution is 2.60. The third-order valence-corrected chi connectivity index (χ3v) is 3.40. The smallest absolute Gasteiger partial charge is 0.394 e. The van der Waals surface area contributed by atoms with Crippen LogP contribution in [0.3, 0.4) is 0 Å².